The van der Waals surface area contributed by atoms with Crippen LogP contribution in [0.3, 0.4) is 0 Å². The van der Waals surface area contributed by atoms with Crippen LogP contribution in [0, 0.1) is 6.92 Å². The molecule has 2 aromatic rings. The highest BCUT2D eigenvalue weighted by atomic mass is 16.5. The van der Waals surface area contributed by atoms with Crippen molar-refractivity contribution in [2.75, 3.05) is 19.0 Å². The molecule has 0 saturated heterocycles. The number of fused-ring (bicyclic) bond motifs is 1. The number of nitrogens with zero attached hydrogens (tertiary/aromatic N) is 1. The highest BCUT2D eigenvalue weighted by molar-refractivity contribution is 6.35. The normalized spacial score (nSPS) is 14.1. The lowest BCUT2D eigenvalue weighted by Crippen LogP contribution is -2.08. The van der Waals surface area contributed by atoms with E-state index < -0.39 is 11.9 Å². The van der Waals surface area contributed by atoms with Crippen LogP contribution in [-0.4, -0.2) is 41.5 Å². The third-order valence-electron chi connectivity index (χ3n) is 4.04. The second-order valence-electron chi connectivity index (χ2n) is 5.56. The van der Waals surface area contributed by atoms with Gasteiger partial charge in [-0.05, 0) is 31.6 Å². The number of carbonyl (C=O) groups excluding carboxylic acids is 3. The number of rotatable bonds is 4. The van der Waals surface area contributed by atoms with E-state index in [0.29, 0.717) is 28.1 Å². The largest absolute Gasteiger partial charge is 0.465 e. The minimum Gasteiger partial charge on any atom is -0.465 e. The zero-order chi connectivity index (χ0) is 18.8. The zero-order valence-electron chi connectivity index (χ0n) is 14.5. The molecule has 2 aromatic heterocycles. The Hall–Kier alpha value is -3.42. The molecule has 0 fully saturated rings. The van der Waals surface area contributed by atoms with Crippen molar-refractivity contribution in [3.05, 3.63) is 46.5 Å². The van der Waals surface area contributed by atoms with Gasteiger partial charge in [0.15, 0.2) is 0 Å². The minimum absolute atomic E-state index is 0.146. The molecule has 8 nitrogen and oxygen atoms in total. The van der Waals surface area contributed by atoms with E-state index >= 15 is 0 Å². The van der Waals surface area contributed by atoms with Crippen LogP contribution in [0.5, 0.6) is 0 Å². The van der Waals surface area contributed by atoms with Gasteiger partial charge < -0.3 is 19.8 Å². The van der Waals surface area contributed by atoms with E-state index in [1.165, 1.54) is 13.2 Å². The summed E-state index contributed by atoms with van der Waals surface area (Å²) in [6.07, 6.45) is 4.63. The molecule has 0 atom stereocenters. The number of carbonyl (C=O) groups is 3. The smallest absolute Gasteiger partial charge is 0.355 e. The quantitative estimate of drug-likeness (QED) is 0.642. The molecule has 0 aromatic carbocycles. The maximum Gasteiger partial charge on any atom is 0.355 e. The Morgan fingerprint density at radius 3 is 2.77 bits per heavy atom. The standard InChI is InChI=1S/C18H17N3O5/c1-4-26-18(24)15-9(2)14(17(23)25-3)12(20-15)7-11-10-5-6-19-8-13(10)21-16(11)22/h5-8,20H,4H2,1-3H3,(H,21,22). The third-order valence-corrected chi connectivity index (χ3v) is 4.04. The molecular weight excluding hydrogens is 338 g/mol. The number of amides is 1. The lowest BCUT2D eigenvalue weighted by atomic mass is 10.0. The van der Waals surface area contributed by atoms with Crippen LogP contribution in [0.4, 0.5) is 5.69 Å². The molecule has 0 unspecified atom stereocenters. The number of pyridine rings is 1. The first-order valence-corrected chi connectivity index (χ1v) is 7.93. The highest BCUT2D eigenvalue weighted by Gasteiger charge is 2.28. The van der Waals surface area contributed by atoms with Gasteiger partial charge in [0.25, 0.3) is 5.91 Å². The predicted molar refractivity (Wildman–Crippen MR) is 93.6 cm³/mol. The number of esters is 2. The van der Waals surface area contributed by atoms with Crippen molar-refractivity contribution in [2.24, 2.45) is 0 Å². The van der Waals surface area contributed by atoms with Crippen molar-refractivity contribution in [1.82, 2.24) is 9.97 Å². The molecule has 134 valence electrons. The van der Waals surface area contributed by atoms with Crippen LogP contribution in [0.25, 0.3) is 11.6 Å². The summed E-state index contributed by atoms with van der Waals surface area (Å²) >= 11 is 0. The summed E-state index contributed by atoms with van der Waals surface area (Å²) in [4.78, 5) is 43.5. The molecule has 8 heteroatoms. The number of anilines is 1. The van der Waals surface area contributed by atoms with Crippen LogP contribution < -0.4 is 5.32 Å². The first-order chi connectivity index (χ1) is 12.5. The van der Waals surface area contributed by atoms with Gasteiger partial charge in [-0.15, -0.1) is 0 Å². The van der Waals surface area contributed by atoms with Crippen LogP contribution in [0.15, 0.2) is 18.5 Å². The van der Waals surface area contributed by atoms with Gasteiger partial charge in [-0.2, -0.15) is 0 Å². The molecule has 1 aliphatic heterocycles. The lowest BCUT2D eigenvalue weighted by molar-refractivity contribution is -0.110. The van der Waals surface area contributed by atoms with Gasteiger partial charge in [0.05, 0.1) is 42.4 Å². The van der Waals surface area contributed by atoms with E-state index in [-0.39, 0.29) is 23.8 Å². The molecule has 2 N–H and O–H groups in total. The van der Waals surface area contributed by atoms with E-state index in [2.05, 4.69) is 15.3 Å². The number of H-pyrrole nitrogens is 1. The van der Waals surface area contributed by atoms with E-state index in [9.17, 15) is 14.4 Å². The van der Waals surface area contributed by atoms with Crippen LogP contribution in [-0.2, 0) is 14.3 Å². The van der Waals surface area contributed by atoms with E-state index in [4.69, 9.17) is 9.47 Å². The molecule has 0 aliphatic carbocycles. The van der Waals surface area contributed by atoms with Gasteiger partial charge in [0.2, 0.25) is 0 Å². The van der Waals surface area contributed by atoms with E-state index in [1.54, 1.807) is 32.3 Å². The molecule has 0 spiro atoms. The lowest BCUT2D eigenvalue weighted by Gasteiger charge is -2.02. The molecular formula is C18H17N3O5. The van der Waals surface area contributed by atoms with Crippen molar-refractivity contribution in [1.29, 1.82) is 0 Å². The average Bonchev–Trinajstić information content (AvgIpc) is 3.12. The number of aromatic amines is 1. The fraction of sp³-hybridized carbons (Fsp3) is 0.222. The second kappa shape index (κ2) is 6.83. The van der Waals surface area contributed by atoms with Gasteiger partial charge in [-0.1, -0.05) is 0 Å². The molecule has 26 heavy (non-hydrogen) atoms. The minimum atomic E-state index is -0.616. The first-order valence-electron chi connectivity index (χ1n) is 7.93. The Balaban J connectivity index is 2.16. The van der Waals surface area contributed by atoms with Gasteiger partial charge in [-0.3, -0.25) is 9.78 Å². The number of hydrogen-bond donors (Lipinski definition) is 2. The summed E-state index contributed by atoms with van der Waals surface area (Å²) in [6.45, 7) is 3.50. The number of nitrogens with one attached hydrogen (secondary N) is 2. The maximum atomic E-state index is 12.3. The molecule has 0 bridgehead atoms. The third kappa shape index (κ3) is 2.85. The molecule has 1 amide bonds. The zero-order valence-corrected chi connectivity index (χ0v) is 14.5. The molecule has 1 aliphatic rings. The number of hydrogen-bond acceptors (Lipinski definition) is 6. The Bertz CT molecular complexity index is 942. The Kier molecular flexibility index (Phi) is 4.57. The Labute approximate surface area is 149 Å². The summed E-state index contributed by atoms with van der Waals surface area (Å²) in [5.74, 6) is -1.52. The van der Waals surface area contributed by atoms with Crippen molar-refractivity contribution in [3.8, 4) is 0 Å². The van der Waals surface area contributed by atoms with Crippen LogP contribution in [0.1, 0.15) is 44.6 Å². The summed E-state index contributed by atoms with van der Waals surface area (Å²) < 4.78 is 9.83. The van der Waals surface area contributed by atoms with E-state index in [0.717, 1.165) is 0 Å². The van der Waals surface area contributed by atoms with Gasteiger partial charge in [0.1, 0.15) is 5.69 Å². The van der Waals surface area contributed by atoms with Gasteiger partial charge >= 0.3 is 11.9 Å². The number of aromatic nitrogens is 2. The van der Waals surface area contributed by atoms with Gasteiger partial charge in [-0.25, -0.2) is 9.59 Å². The summed E-state index contributed by atoms with van der Waals surface area (Å²) in [5, 5.41) is 2.70. The van der Waals surface area contributed by atoms with Crippen LogP contribution >= 0.6 is 0 Å². The van der Waals surface area contributed by atoms with Crippen molar-refractivity contribution >= 4 is 35.2 Å². The summed E-state index contributed by atoms with van der Waals surface area (Å²) in [6, 6.07) is 1.69. The fourth-order valence-electron chi connectivity index (χ4n) is 2.83. The highest BCUT2D eigenvalue weighted by Crippen LogP contribution is 2.33. The maximum absolute atomic E-state index is 12.3. The Morgan fingerprint density at radius 1 is 1.31 bits per heavy atom. The Morgan fingerprint density at radius 2 is 2.08 bits per heavy atom. The van der Waals surface area contributed by atoms with E-state index in [1.807, 2.05) is 0 Å². The number of methoxy groups -OCH3 is 1. The predicted octanol–water partition coefficient (Wildman–Crippen LogP) is 2.17. The SMILES string of the molecule is CCOC(=O)c1[nH]c(C=C2C(=O)Nc3cnccc32)c(C(=O)OC)c1C. The second-order valence-corrected chi connectivity index (χ2v) is 5.56. The molecule has 0 radical (unpaired) electrons. The summed E-state index contributed by atoms with van der Waals surface area (Å²) in [7, 11) is 1.25. The van der Waals surface area contributed by atoms with Crippen molar-refractivity contribution in [2.45, 2.75) is 13.8 Å². The first kappa shape index (κ1) is 17.4. The molecule has 0 saturated carbocycles. The van der Waals surface area contributed by atoms with Gasteiger partial charge in [0, 0.05) is 11.8 Å². The monoisotopic (exact) mass is 355 g/mol. The molecule has 3 rings (SSSR count). The average molecular weight is 355 g/mol. The molecule has 3 heterocycles. The topological polar surface area (TPSA) is 110 Å². The fourth-order valence-corrected chi connectivity index (χ4v) is 2.83. The van der Waals surface area contributed by atoms with Crippen molar-refractivity contribution in [3.63, 3.8) is 0 Å². The van der Waals surface area contributed by atoms with Crippen LogP contribution in [0.2, 0.25) is 0 Å². The summed E-state index contributed by atoms with van der Waals surface area (Å²) in [5.41, 5.74) is 2.61. The van der Waals surface area contributed by atoms with Crippen molar-refractivity contribution < 1.29 is 23.9 Å². The number of ether oxygens (including phenoxy) is 2.